The Morgan fingerprint density at radius 3 is 1.54 bits per heavy atom. The van der Waals surface area contributed by atoms with Crippen molar-refractivity contribution in [2.45, 2.75) is 19.1 Å². The molecule has 0 aromatic rings. The third-order valence-electron chi connectivity index (χ3n) is 0.691. The molecule has 1 amide bonds. The molecule has 78 valence electrons. The van der Waals surface area contributed by atoms with Crippen LogP contribution < -0.4 is 11.5 Å². The van der Waals surface area contributed by atoms with E-state index in [4.69, 9.17) is 15.6 Å². The molecule has 0 unspecified atom stereocenters. The van der Waals surface area contributed by atoms with Gasteiger partial charge >= 0.3 is 12.1 Å². The molecule has 0 rings (SSSR count). The van der Waals surface area contributed by atoms with Gasteiger partial charge in [-0.25, -0.2) is 4.79 Å². The Hall–Kier alpha value is -1.31. The number of alkyl halides is 3. The van der Waals surface area contributed by atoms with Gasteiger partial charge in [0.1, 0.15) is 0 Å². The number of carboxylic acids is 1. The zero-order valence-corrected chi connectivity index (χ0v) is 6.63. The second kappa shape index (κ2) is 5.36. The molecule has 0 spiro atoms. The third-order valence-corrected chi connectivity index (χ3v) is 0.691. The molecule has 0 fully saturated rings. The smallest absolute Gasteiger partial charge is 0.475 e. The Morgan fingerprint density at radius 2 is 1.54 bits per heavy atom. The van der Waals surface area contributed by atoms with Crippen LogP contribution in [0.15, 0.2) is 0 Å². The average molecular weight is 202 g/mol. The molecule has 0 aromatic carbocycles. The van der Waals surface area contributed by atoms with Crippen LogP contribution in [-0.2, 0) is 9.59 Å². The minimum atomic E-state index is -5.08. The van der Waals surface area contributed by atoms with Gasteiger partial charge in [0.05, 0.1) is 6.04 Å². The zero-order valence-electron chi connectivity index (χ0n) is 6.63. The summed E-state index contributed by atoms with van der Waals surface area (Å²) in [7, 11) is 0. The molecule has 0 aliphatic rings. The van der Waals surface area contributed by atoms with Crippen molar-refractivity contribution in [3.05, 3.63) is 0 Å². The molecule has 5 N–H and O–H groups in total. The van der Waals surface area contributed by atoms with E-state index in [1.165, 1.54) is 0 Å². The predicted molar refractivity (Wildman–Crippen MR) is 36.5 cm³/mol. The Morgan fingerprint density at radius 1 is 1.38 bits per heavy atom. The number of halogens is 3. The Bertz CT molecular complexity index is 190. The molecule has 0 bridgehead atoms. The van der Waals surface area contributed by atoms with Crippen LogP contribution in [0.1, 0.15) is 6.92 Å². The lowest BCUT2D eigenvalue weighted by molar-refractivity contribution is -0.192. The fraction of sp³-hybridized carbons (Fsp3) is 0.600. The van der Waals surface area contributed by atoms with Crippen molar-refractivity contribution in [1.82, 2.24) is 0 Å². The summed E-state index contributed by atoms with van der Waals surface area (Å²) < 4.78 is 31.7. The summed E-state index contributed by atoms with van der Waals surface area (Å²) in [4.78, 5) is 18.7. The van der Waals surface area contributed by atoms with Gasteiger partial charge in [0.25, 0.3) is 0 Å². The second-order valence-electron chi connectivity index (χ2n) is 1.99. The number of aliphatic carboxylic acids is 1. The van der Waals surface area contributed by atoms with Crippen molar-refractivity contribution in [3.8, 4) is 0 Å². The summed E-state index contributed by atoms with van der Waals surface area (Å²) in [5.74, 6) is -3.22. The lowest BCUT2D eigenvalue weighted by Gasteiger charge is -1.93. The van der Waals surface area contributed by atoms with Crippen molar-refractivity contribution in [2.24, 2.45) is 11.5 Å². The summed E-state index contributed by atoms with van der Waals surface area (Å²) in [6, 6.07) is -0.509. The van der Waals surface area contributed by atoms with Crippen molar-refractivity contribution in [3.63, 3.8) is 0 Å². The first-order valence-electron chi connectivity index (χ1n) is 2.94. The molecule has 0 aliphatic heterocycles. The van der Waals surface area contributed by atoms with Gasteiger partial charge in [0.15, 0.2) is 0 Å². The number of carbonyl (C=O) groups excluding carboxylic acids is 1. The molecule has 5 nitrogen and oxygen atoms in total. The molecular formula is C5H9F3N2O3. The Labute approximate surface area is 71.5 Å². The van der Waals surface area contributed by atoms with E-state index < -0.39 is 24.1 Å². The topological polar surface area (TPSA) is 106 Å². The highest BCUT2D eigenvalue weighted by Gasteiger charge is 2.38. The maximum absolute atomic E-state index is 10.6. The molecule has 0 saturated heterocycles. The first kappa shape index (κ1) is 14.2. The zero-order chi connectivity index (χ0) is 11.2. The number of nitrogens with two attached hydrogens (primary N) is 2. The van der Waals surface area contributed by atoms with Crippen molar-refractivity contribution >= 4 is 11.9 Å². The predicted octanol–water partition coefficient (Wildman–Crippen LogP) is -0.548. The molecule has 0 aromatic heterocycles. The normalized spacial score (nSPS) is 12.4. The van der Waals surface area contributed by atoms with Crippen LogP contribution in [0.25, 0.3) is 0 Å². The number of hydrogen-bond acceptors (Lipinski definition) is 3. The van der Waals surface area contributed by atoms with Gasteiger partial charge in [0.2, 0.25) is 5.91 Å². The molecule has 0 heterocycles. The molecule has 1 atom stereocenters. The van der Waals surface area contributed by atoms with Crippen LogP contribution in [0.4, 0.5) is 13.2 Å². The number of carboxylic acid groups (broad SMARTS) is 1. The van der Waals surface area contributed by atoms with Crippen LogP contribution in [0, 0.1) is 0 Å². The highest BCUT2D eigenvalue weighted by atomic mass is 19.4. The summed E-state index contributed by atoms with van der Waals surface area (Å²) in [6.07, 6.45) is -5.08. The fourth-order valence-electron chi connectivity index (χ4n) is 0. The first-order valence-corrected chi connectivity index (χ1v) is 2.94. The lowest BCUT2D eigenvalue weighted by Crippen LogP contribution is -2.32. The summed E-state index contributed by atoms with van der Waals surface area (Å²) in [5, 5.41) is 7.12. The van der Waals surface area contributed by atoms with Crippen LogP contribution in [0.5, 0.6) is 0 Å². The van der Waals surface area contributed by atoms with Gasteiger partial charge in [-0.1, -0.05) is 0 Å². The van der Waals surface area contributed by atoms with Crippen LogP contribution in [-0.4, -0.2) is 29.2 Å². The van der Waals surface area contributed by atoms with Gasteiger partial charge in [-0.05, 0) is 6.92 Å². The SMILES string of the molecule is C[C@H](N)C(N)=O.O=C(O)C(F)(F)F. The van der Waals surface area contributed by atoms with Gasteiger partial charge < -0.3 is 16.6 Å². The van der Waals surface area contributed by atoms with Crippen LogP contribution in [0.2, 0.25) is 0 Å². The molecule has 0 radical (unpaired) electrons. The molecule has 0 aliphatic carbocycles. The first-order chi connectivity index (χ1) is 5.59. The monoisotopic (exact) mass is 202 g/mol. The maximum atomic E-state index is 10.6. The molecule has 0 saturated carbocycles. The molecule has 8 heteroatoms. The Balaban J connectivity index is 0. The van der Waals surface area contributed by atoms with Gasteiger partial charge in [0, 0.05) is 0 Å². The van der Waals surface area contributed by atoms with E-state index >= 15 is 0 Å². The molecule has 13 heavy (non-hydrogen) atoms. The van der Waals surface area contributed by atoms with Crippen molar-refractivity contribution < 1.29 is 27.9 Å². The van der Waals surface area contributed by atoms with Gasteiger partial charge in [-0.2, -0.15) is 13.2 Å². The van der Waals surface area contributed by atoms with Crippen molar-refractivity contribution in [1.29, 1.82) is 0 Å². The highest BCUT2D eigenvalue weighted by molar-refractivity contribution is 5.78. The summed E-state index contributed by atoms with van der Waals surface area (Å²) in [6.45, 7) is 1.54. The van der Waals surface area contributed by atoms with E-state index in [2.05, 4.69) is 5.73 Å². The minimum absolute atomic E-state index is 0.463. The largest absolute Gasteiger partial charge is 0.490 e. The average Bonchev–Trinajstić information content (AvgIpc) is 1.86. The fourth-order valence-corrected chi connectivity index (χ4v) is 0. The molecular weight excluding hydrogens is 193 g/mol. The number of amides is 1. The maximum Gasteiger partial charge on any atom is 0.490 e. The summed E-state index contributed by atoms with van der Waals surface area (Å²) in [5.41, 5.74) is 9.63. The van der Waals surface area contributed by atoms with Crippen molar-refractivity contribution in [2.75, 3.05) is 0 Å². The standard InChI is InChI=1S/C3H8N2O.C2HF3O2/c1-2(4)3(5)6;3-2(4,5)1(6)7/h2H,4H2,1H3,(H2,5,6);(H,6,7)/t2-;/m0./s1. The van der Waals surface area contributed by atoms with E-state index in [1.54, 1.807) is 6.92 Å². The van der Waals surface area contributed by atoms with E-state index in [0.29, 0.717) is 0 Å². The number of hydrogen-bond donors (Lipinski definition) is 3. The number of carbonyl (C=O) groups is 2. The second-order valence-corrected chi connectivity index (χ2v) is 1.99. The van der Waals surface area contributed by atoms with E-state index in [0.717, 1.165) is 0 Å². The third kappa shape index (κ3) is 10.7. The Kier molecular flexibility index (Phi) is 5.86. The van der Waals surface area contributed by atoms with E-state index in [1.807, 2.05) is 0 Å². The number of rotatable bonds is 1. The van der Waals surface area contributed by atoms with E-state index in [9.17, 15) is 18.0 Å². The number of primary amides is 1. The minimum Gasteiger partial charge on any atom is -0.475 e. The van der Waals surface area contributed by atoms with E-state index in [-0.39, 0.29) is 0 Å². The lowest BCUT2D eigenvalue weighted by atomic mass is 10.4. The summed E-state index contributed by atoms with van der Waals surface area (Å²) >= 11 is 0. The quantitative estimate of drug-likeness (QED) is 0.530. The highest BCUT2D eigenvalue weighted by Crippen LogP contribution is 2.13. The van der Waals surface area contributed by atoms with Gasteiger partial charge in [-0.3, -0.25) is 4.79 Å². The van der Waals surface area contributed by atoms with Crippen LogP contribution in [0.3, 0.4) is 0 Å². The van der Waals surface area contributed by atoms with Gasteiger partial charge in [-0.15, -0.1) is 0 Å². The van der Waals surface area contributed by atoms with Crippen LogP contribution >= 0.6 is 0 Å².